The number of aryl methyl sites for hydroxylation is 1. The van der Waals surface area contributed by atoms with Crippen LogP contribution in [0.5, 0.6) is 0 Å². The van der Waals surface area contributed by atoms with Crippen molar-refractivity contribution in [3.05, 3.63) is 35.1 Å². The molecular formula is C13H16BrF. The van der Waals surface area contributed by atoms with Gasteiger partial charge in [0.2, 0.25) is 0 Å². The third-order valence-electron chi connectivity index (χ3n) is 3.53. The molecule has 0 amide bonds. The molecule has 0 spiro atoms. The summed E-state index contributed by atoms with van der Waals surface area (Å²) < 4.78 is 13.3. The smallest absolute Gasteiger partial charge is 0.123 e. The molecule has 0 radical (unpaired) electrons. The molecule has 1 fully saturated rings. The van der Waals surface area contributed by atoms with Gasteiger partial charge in [0.05, 0.1) is 0 Å². The minimum Gasteiger partial charge on any atom is -0.207 e. The van der Waals surface area contributed by atoms with Gasteiger partial charge in [0.25, 0.3) is 0 Å². The summed E-state index contributed by atoms with van der Waals surface area (Å²) in [5, 5.41) is 0. The maximum Gasteiger partial charge on any atom is 0.123 e. The van der Waals surface area contributed by atoms with Gasteiger partial charge in [0.15, 0.2) is 0 Å². The highest BCUT2D eigenvalue weighted by Crippen LogP contribution is 2.44. The van der Waals surface area contributed by atoms with E-state index in [1.54, 1.807) is 12.1 Å². The zero-order valence-electron chi connectivity index (χ0n) is 9.19. The zero-order valence-corrected chi connectivity index (χ0v) is 10.8. The van der Waals surface area contributed by atoms with Crippen LogP contribution < -0.4 is 0 Å². The molecule has 1 aliphatic rings. The van der Waals surface area contributed by atoms with Crippen LogP contribution in [-0.2, 0) is 5.41 Å². The van der Waals surface area contributed by atoms with Crippen LogP contribution in [-0.4, -0.2) is 4.83 Å². The van der Waals surface area contributed by atoms with Crippen molar-refractivity contribution in [3.8, 4) is 0 Å². The first-order valence-electron chi connectivity index (χ1n) is 5.42. The summed E-state index contributed by atoms with van der Waals surface area (Å²) in [5.41, 5.74) is 2.55. The molecule has 1 aromatic rings. The van der Waals surface area contributed by atoms with Crippen LogP contribution >= 0.6 is 15.9 Å². The van der Waals surface area contributed by atoms with Gasteiger partial charge in [-0.25, -0.2) is 4.39 Å². The van der Waals surface area contributed by atoms with Gasteiger partial charge in [0, 0.05) is 4.83 Å². The lowest BCUT2D eigenvalue weighted by Crippen LogP contribution is -2.19. The van der Waals surface area contributed by atoms with E-state index >= 15 is 0 Å². The molecule has 2 unspecified atom stereocenters. The molecule has 0 N–H and O–H groups in total. The van der Waals surface area contributed by atoms with E-state index in [9.17, 15) is 4.39 Å². The maximum atomic E-state index is 13.3. The van der Waals surface area contributed by atoms with Crippen molar-refractivity contribution in [1.29, 1.82) is 0 Å². The average Bonchev–Trinajstić information content (AvgIpc) is 2.52. The predicted octanol–water partition coefficient (Wildman–Crippen LogP) is 4.34. The van der Waals surface area contributed by atoms with Crippen molar-refractivity contribution < 1.29 is 4.39 Å². The van der Waals surface area contributed by atoms with Crippen molar-refractivity contribution in [2.24, 2.45) is 0 Å². The van der Waals surface area contributed by atoms with Gasteiger partial charge < -0.3 is 0 Å². The molecule has 2 heteroatoms. The van der Waals surface area contributed by atoms with Crippen LogP contribution in [0.1, 0.15) is 37.3 Å². The number of hydrogen-bond acceptors (Lipinski definition) is 0. The molecule has 0 bridgehead atoms. The van der Waals surface area contributed by atoms with Gasteiger partial charge in [-0.05, 0) is 54.9 Å². The largest absolute Gasteiger partial charge is 0.207 e. The van der Waals surface area contributed by atoms with Crippen LogP contribution in [0.2, 0.25) is 0 Å². The van der Waals surface area contributed by atoms with E-state index in [4.69, 9.17) is 0 Å². The lowest BCUT2D eigenvalue weighted by atomic mass is 9.79. The highest BCUT2D eigenvalue weighted by atomic mass is 79.9. The Labute approximate surface area is 99.0 Å². The second-order valence-electron chi connectivity index (χ2n) is 4.86. The molecule has 0 aromatic heterocycles. The van der Waals surface area contributed by atoms with E-state index in [0.29, 0.717) is 4.83 Å². The van der Waals surface area contributed by atoms with E-state index in [-0.39, 0.29) is 11.2 Å². The third kappa shape index (κ3) is 2.10. The molecule has 0 nitrogen and oxygen atoms in total. The second-order valence-corrected chi connectivity index (χ2v) is 6.15. The Morgan fingerprint density at radius 3 is 2.80 bits per heavy atom. The first-order valence-corrected chi connectivity index (χ1v) is 6.33. The number of rotatable bonds is 1. The number of hydrogen-bond donors (Lipinski definition) is 0. The number of halogens is 2. The fourth-order valence-electron chi connectivity index (χ4n) is 2.66. The third-order valence-corrected chi connectivity index (χ3v) is 4.31. The molecule has 2 rings (SSSR count). The Kier molecular flexibility index (Phi) is 2.89. The minimum atomic E-state index is -0.116. The average molecular weight is 271 g/mol. The van der Waals surface area contributed by atoms with Crippen LogP contribution in [0, 0.1) is 12.7 Å². The van der Waals surface area contributed by atoms with Crippen LogP contribution in [0.3, 0.4) is 0 Å². The Balaban J connectivity index is 2.40. The number of benzene rings is 1. The summed E-state index contributed by atoms with van der Waals surface area (Å²) in [7, 11) is 0. The summed E-state index contributed by atoms with van der Waals surface area (Å²) in [6, 6.07) is 5.14. The van der Waals surface area contributed by atoms with Gasteiger partial charge in [0.1, 0.15) is 5.82 Å². The van der Waals surface area contributed by atoms with Gasteiger partial charge in [-0.15, -0.1) is 0 Å². The lowest BCUT2D eigenvalue weighted by Gasteiger charge is -2.26. The number of alkyl halides is 1. The van der Waals surface area contributed by atoms with Crippen molar-refractivity contribution in [1.82, 2.24) is 0 Å². The van der Waals surface area contributed by atoms with Gasteiger partial charge >= 0.3 is 0 Å². The zero-order chi connectivity index (χ0) is 11.1. The summed E-state index contributed by atoms with van der Waals surface area (Å²) >= 11 is 3.66. The predicted molar refractivity (Wildman–Crippen MR) is 65.1 cm³/mol. The maximum absolute atomic E-state index is 13.3. The first-order chi connectivity index (χ1) is 7.01. The quantitative estimate of drug-likeness (QED) is 0.666. The van der Waals surface area contributed by atoms with E-state index in [1.165, 1.54) is 17.5 Å². The molecule has 2 atom stereocenters. The Morgan fingerprint density at radius 1 is 1.47 bits per heavy atom. The van der Waals surface area contributed by atoms with Crippen molar-refractivity contribution in [2.45, 2.75) is 43.4 Å². The van der Waals surface area contributed by atoms with Crippen LogP contribution in [0.4, 0.5) is 4.39 Å². The normalized spacial score (nSPS) is 30.8. The highest BCUT2D eigenvalue weighted by Gasteiger charge is 2.36. The van der Waals surface area contributed by atoms with E-state index in [2.05, 4.69) is 29.8 Å². The van der Waals surface area contributed by atoms with Crippen molar-refractivity contribution in [2.75, 3.05) is 0 Å². The SMILES string of the molecule is Cc1ccc(F)cc1C1(C)CCC(Br)C1. The van der Waals surface area contributed by atoms with E-state index < -0.39 is 0 Å². The summed E-state index contributed by atoms with van der Waals surface area (Å²) in [6.07, 6.45) is 3.44. The summed E-state index contributed by atoms with van der Waals surface area (Å²) in [6.45, 7) is 4.32. The molecule has 1 saturated carbocycles. The standard InChI is InChI=1S/C13H16BrF/c1-9-3-4-11(15)7-12(9)13(2)6-5-10(14)8-13/h3-4,7,10H,5-6,8H2,1-2H3. The molecule has 1 aliphatic carbocycles. The van der Waals surface area contributed by atoms with Gasteiger partial charge in [-0.2, -0.15) is 0 Å². The molecule has 0 heterocycles. The summed E-state index contributed by atoms with van der Waals surface area (Å²) in [4.78, 5) is 0.588. The van der Waals surface area contributed by atoms with Crippen LogP contribution in [0.15, 0.2) is 18.2 Å². The Morgan fingerprint density at radius 2 is 2.20 bits per heavy atom. The topological polar surface area (TPSA) is 0 Å². The molecule has 0 aliphatic heterocycles. The Hall–Kier alpha value is -0.370. The molecule has 0 saturated heterocycles. The molecule has 82 valence electrons. The minimum absolute atomic E-state index is 0.116. The molecular weight excluding hydrogens is 255 g/mol. The fraction of sp³-hybridized carbons (Fsp3) is 0.538. The second kappa shape index (κ2) is 3.89. The van der Waals surface area contributed by atoms with Gasteiger partial charge in [-0.1, -0.05) is 28.9 Å². The fourth-order valence-corrected chi connectivity index (χ4v) is 3.60. The van der Waals surface area contributed by atoms with Crippen molar-refractivity contribution in [3.63, 3.8) is 0 Å². The monoisotopic (exact) mass is 270 g/mol. The van der Waals surface area contributed by atoms with Crippen LogP contribution in [0.25, 0.3) is 0 Å². The lowest BCUT2D eigenvalue weighted by molar-refractivity contribution is 0.485. The Bertz CT molecular complexity index is 375. The van der Waals surface area contributed by atoms with Crippen molar-refractivity contribution >= 4 is 15.9 Å². The molecule has 15 heavy (non-hydrogen) atoms. The highest BCUT2D eigenvalue weighted by molar-refractivity contribution is 9.09. The molecule has 1 aromatic carbocycles. The first kappa shape index (κ1) is 11.1. The van der Waals surface area contributed by atoms with E-state index in [1.807, 2.05) is 6.07 Å². The van der Waals surface area contributed by atoms with E-state index in [0.717, 1.165) is 12.8 Å². The van der Waals surface area contributed by atoms with Gasteiger partial charge in [-0.3, -0.25) is 0 Å². The summed E-state index contributed by atoms with van der Waals surface area (Å²) in [5.74, 6) is -0.116.